The minimum Gasteiger partial charge on any atom is -0.337 e. The van der Waals surface area contributed by atoms with Gasteiger partial charge in [0.05, 0.1) is 0 Å². The van der Waals surface area contributed by atoms with E-state index in [2.05, 4.69) is 43.6 Å². The summed E-state index contributed by atoms with van der Waals surface area (Å²) in [5.41, 5.74) is 0. The summed E-state index contributed by atoms with van der Waals surface area (Å²) < 4.78 is 1.71. The van der Waals surface area contributed by atoms with Gasteiger partial charge in [-0.25, -0.2) is 4.98 Å². The lowest BCUT2D eigenvalue weighted by Gasteiger charge is -2.30. The predicted octanol–water partition coefficient (Wildman–Crippen LogP) is 1.49. The molecule has 2 aromatic heterocycles. The van der Waals surface area contributed by atoms with Crippen LogP contribution in [0, 0.1) is 0 Å². The number of nitrogens with zero attached hydrogens (tertiary/aromatic N) is 7. The van der Waals surface area contributed by atoms with E-state index in [4.69, 9.17) is 11.6 Å². The van der Waals surface area contributed by atoms with Crippen molar-refractivity contribution in [2.45, 2.75) is 19.9 Å². The summed E-state index contributed by atoms with van der Waals surface area (Å²) in [7, 11) is 4.09. The molecule has 0 fully saturated rings. The van der Waals surface area contributed by atoms with E-state index in [0.717, 1.165) is 13.1 Å². The van der Waals surface area contributed by atoms with Gasteiger partial charge in [-0.1, -0.05) is 0 Å². The molecule has 0 saturated carbocycles. The highest BCUT2D eigenvalue weighted by atomic mass is 35.5. The van der Waals surface area contributed by atoms with E-state index in [1.807, 2.05) is 14.1 Å². The standard InChI is InChI=1S/C13H20ClN7/c1-5-21(10(2)8-19(3)4)13-17-11(14)16-12(18-13)20-7-6-15-9-20/h6-7,9-10H,5,8H2,1-4H3. The smallest absolute Gasteiger partial charge is 0.241 e. The van der Waals surface area contributed by atoms with Crippen molar-refractivity contribution < 1.29 is 0 Å². The Morgan fingerprint density at radius 3 is 2.62 bits per heavy atom. The highest BCUT2D eigenvalue weighted by Gasteiger charge is 2.18. The van der Waals surface area contributed by atoms with Crippen LogP contribution in [0.5, 0.6) is 0 Å². The molecule has 21 heavy (non-hydrogen) atoms. The lowest BCUT2D eigenvalue weighted by Crippen LogP contribution is -2.41. The molecule has 0 N–H and O–H groups in total. The molecule has 1 atom stereocenters. The van der Waals surface area contributed by atoms with E-state index in [9.17, 15) is 0 Å². The molecule has 114 valence electrons. The average molecular weight is 310 g/mol. The predicted molar refractivity (Wildman–Crippen MR) is 83.0 cm³/mol. The lowest BCUT2D eigenvalue weighted by atomic mass is 10.3. The highest BCUT2D eigenvalue weighted by Crippen LogP contribution is 2.16. The molecular weight excluding hydrogens is 290 g/mol. The Balaban J connectivity index is 2.33. The van der Waals surface area contributed by atoms with Gasteiger partial charge in [0.25, 0.3) is 0 Å². The minimum atomic E-state index is 0.180. The molecule has 0 spiro atoms. The maximum Gasteiger partial charge on any atom is 0.241 e. The molecular formula is C13H20ClN7. The fraction of sp³-hybridized carbons (Fsp3) is 0.538. The molecule has 2 rings (SSSR count). The zero-order valence-electron chi connectivity index (χ0n) is 12.7. The van der Waals surface area contributed by atoms with Crippen LogP contribution in [0.3, 0.4) is 0 Å². The summed E-state index contributed by atoms with van der Waals surface area (Å²) in [4.78, 5) is 21.1. The van der Waals surface area contributed by atoms with E-state index in [-0.39, 0.29) is 11.3 Å². The summed E-state index contributed by atoms with van der Waals surface area (Å²) in [6.45, 7) is 5.90. The molecule has 0 aliphatic heterocycles. The Morgan fingerprint density at radius 2 is 2.05 bits per heavy atom. The van der Waals surface area contributed by atoms with Gasteiger partial charge in [-0.3, -0.25) is 4.57 Å². The van der Waals surface area contributed by atoms with Crippen molar-refractivity contribution in [1.29, 1.82) is 0 Å². The maximum atomic E-state index is 6.05. The van der Waals surface area contributed by atoms with Crippen LogP contribution in [0.4, 0.5) is 5.95 Å². The third-order valence-electron chi connectivity index (χ3n) is 3.08. The third-order valence-corrected chi connectivity index (χ3v) is 3.25. The van der Waals surface area contributed by atoms with E-state index >= 15 is 0 Å². The highest BCUT2D eigenvalue weighted by molar-refractivity contribution is 6.28. The molecule has 7 nitrogen and oxygen atoms in total. The molecule has 1 unspecified atom stereocenters. The van der Waals surface area contributed by atoms with Crippen molar-refractivity contribution in [1.82, 2.24) is 29.4 Å². The van der Waals surface area contributed by atoms with Gasteiger partial charge >= 0.3 is 0 Å². The summed E-state index contributed by atoms with van der Waals surface area (Å²) >= 11 is 6.05. The molecule has 8 heteroatoms. The Kier molecular flexibility index (Phi) is 5.08. The van der Waals surface area contributed by atoms with Crippen LogP contribution in [0.1, 0.15) is 13.8 Å². The van der Waals surface area contributed by atoms with Crippen LogP contribution in [-0.2, 0) is 0 Å². The first-order valence-electron chi connectivity index (χ1n) is 6.82. The van der Waals surface area contributed by atoms with E-state index in [0.29, 0.717) is 11.9 Å². The van der Waals surface area contributed by atoms with Crippen LogP contribution in [0.15, 0.2) is 18.7 Å². The Morgan fingerprint density at radius 1 is 1.29 bits per heavy atom. The SMILES string of the molecule is CCN(c1nc(Cl)nc(-n2ccnc2)n1)C(C)CN(C)C. The van der Waals surface area contributed by atoms with Gasteiger partial charge in [0.15, 0.2) is 0 Å². The van der Waals surface area contributed by atoms with Crippen molar-refractivity contribution in [3.05, 3.63) is 24.0 Å². The van der Waals surface area contributed by atoms with Crippen molar-refractivity contribution in [2.75, 3.05) is 32.1 Å². The monoisotopic (exact) mass is 309 g/mol. The summed E-state index contributed by atoms with van der Waals surface area (Å²) in [6, 6.07) is 0.263. The van der Waals surface area contributed by atoms with Gasteiger partial charge in [-0.05, 0) is 39.5 Å². The second-order valence-corrected chi connectivity index (χ2v) is 5.41. The summed E-state index contributed by atoms with van der Waals surface area (Å²) in [5, 5.41) is 0.180. The van der Waals surface area contributed by atoms with Crippen molar-refractivity contribution in [2.24, 2.45) is 0 Å². The molecule has 0 bridgehead atoms. The number of imidazole rings is 1. The second-order valence-electron chi connectivity index (χ2n) is 5.07. The number of hydrogen-bond acceptors (Lipinski definition) is 6. The molecule has 0 radical (unpaired) electrons. The molecule has 0 amide bonds. The number of anilines is 1. The molecule has 0 aliphatic carbocycles. The van der Waals surface area contributed by atoms with Gasteiger partial charge in [-0.15, -0.1) is 0 Å². The largest absolute Gasteiger partial charge is 0.337 e. The van der Waals surface area contributed by atoms with Gasteiger partial charge in [0.2, 0.25) is 17.2 Å². The molecule has 0 aromatic carbocycles. The zero-order valence-corrected chi connectivity index (χ0v) is 13.5. The van der Waals surface area contributed by atoms with E-state index in [1.54, 1.807) is 23.3 Å². The summed E-state index contributed by atoms with van der Waals surface area (Å²) in [6.07, 6.45) is 5.08. The van der Waals surface area contributed by atoms with Gasteiger partial charge in [-0.2, -0.15) is 15.0 Å². The first-order valence-corrected chi connectivity index (χ1v) is 7.20. The quantitative estimate of drug-likeness (QED) is 0.805. The van der Waals surface area contributed by atoms with Crippen LogP contribution >= 0.6 is 11.6 Å². The fourth-order valence-corrected chi connectivity index (χ4v) is 2.38. The Hall–Kier alpha value is -1.73. The Bertz CT molecular complexity index is 570. The van der Waals surface area contributed by atoms with Crippen molar-refractivity contribution in [3.8, 4) is 5.95 Å². The minimum absolute atomic E-state index is 0.180. The molecule has 0 aliphatic rings. The topological polar surface area (TPSA) is 63.0 Å². The van der Waals surface area contributed by atoms with Crippen LogP contribution in [0.25, 0.3) is 5.95 Å². The Labute approximate surface area is 129 Å². The summed E-state index contributed by atoms with van der Waals surface area (Å²) in [5.74, 6) is 1.05. The number of aromatic nitrogens is 5. The van der Waals surface area contributed by atoms with Gasteiger partial charge in [0, 0.05) is 31.5 Å². The zero-order chi connectivity index (χ0) is 15.4. The van der Waals surface area contributed by atoms with Crippen LogP contribution in [-0.4, -0.2) is 62.6 Å². The fourth-order valence-electron chi connectivity index (χ4n) is 2.23. The first-order chi connectivity index (χ1) is 10.0. The van der Waals surface area contributed by atoms with Crippen LogP contribution < -0.4 is 4.90 Å². The first kappa shape index (κ1) is 15.7. The molecule has 2 aromatic rings. The maximum absolute atomic E-state index is 6.05. The van der Waals surface area contributed by atoms with Gasteiger partial charge in [0.1, 0.15) is 6.33 Å². The third kappa shape index (κ3) is 3.89. The molecule has 2 heterocycles. The second kappa shape index (κ2) is 6.82. The number of hydrogen-bond donors (Lipinski definition) is 0. The normalized spacial score (nSPS) is 12.7. The lowest BCUT2D eigenvalue weighted by molar-refractivity contribution is 0.371. The number of halogens is 1. The van der Waals surface area contributed by atoms with Gasteiger partial charge < -0.3 is 9.80 Å². The number of likely N-dealkylation sites (N-methyl/N-ethyl adjacent to an activating group) is 2. The average Bonchev–Trinajstić information content (AvgIpc) is 2.91. The van der Waals surface area contributed by atoms with E-state index < -0.39 is 0 Å². The van der Waals surface area contributed by atoms with Crippen LogP contribution in [0.2, 0.25) is 5.28 Å². The van der Waals surface area contributed by atoms with Crippen molar-refractivity contribution in [3.63, 3.8) is 0 Å². The van der Waals surface area contributed by atoms with E-state index in [1.165, 1.54) is 0 Å². The van der Waals surface area contributed by atoms with Crippen molar-refractivity contribution >= 4 is 17.5 Å². The molecule has 0 saturated heterocycles. The number of rotatable bonds is 6.